The standard InChI is InChI=1S/C18H20N4/c1-2-3-4-6-15-8-10-17(11-9-15)22-14-18(20-21-22)16-7-5-12-19-13-16/h5,7-14H,2-4,6H2,1H3. The molecular weight excluding hydrogens is 272 g/mol. The molecule has 3 aromatic rings. The topological polar surface area (TPSA) is 43.6 Å². The van der Waals surface area contributed by atoms with E-state index in [1.54, 1.807) is 17.1 Å². The van der Waals surface area contributed by atoms with Crippen LogP contribution in [0.2, 0.25) is 0 Å². The molecular formula is C18H20N4. The van der Waals surface area contributed by atoms with Gasteiger partial charge in [0.15, 0.2) is 0 Å². The molecule has 0 unspecified atom stereocenters. The average molecular weight is 292 g/mol. The average Bonchev–Trinajstić information content (AvgIpc) is 3.07. The van der Waals surface area contributed by atoms with Crippen molar-refractivity contribution in [2.24, 2.45) is 0 Å². The molecule has 0 fully saturated rings. The Morgan fingerprint density at radius 1 is 1.05 bits per heavy atom. The summed E-state index contributed by atoms with van der Waals surface area (Å²) in [4.78, 5) is 4.11. The Morgan fingerprint density at radius 3 is 2.64 bits per heavy atom. The van der Waals surface area contributed by atoms with Gasteiger partial charge in [-0.25, -0.2) is 4.68 Å². The van der Waals surface area contributed by atoms with Crippen molar-refractivity contribution >= 4 is 0 Å². The van der Waals surface area contributed by atoms with E-state index >= 15 is 0 Å². The van der Waals surface area contributed by atoms with Crippen LogP contribution >= 0.6 is 0 Å². The third kappa shape index (κ3) is 3.39. The van der Waals surface area contributed by atoms with Gasteiger partial charge in [0, 0.05) is 18.0 Å². The normalized spacial score (nSPS) is 10.8. The molecule has 0 aliphatic heterocycles. The molecule has 0 spiro atoms. The fourth-order valence-corrected chi connectivity index (χ4v) is 2.43. The first kappa shape index (κ1) is 14.4. The van der Waals surface area contributed by atoms with E-state index in [0.29, 0.717) is 0 Å². The van der Waals surface area contributed by atoms with E-state index < -0.39 is 0 Å². The maximum Gasteiger partial charge on any atom is 0.115 e. The highest BCUT2D eigenvalue weighted by Crippen LogP contribution is 2.17. The number of unbranched alkanes of at least 4 members (excludes halogenated alkanes) is 2. The van der Waals surface area contributed by atoms with E-state index in [2.05, 4.69) is 46.5 Å². The zero-order valence-electron chi connectivity index (χ0n) is 12.8. The SMILES string of the molecule is CCCCCc1ccc(-n2cc(-c3cccnc3)nn2)cc1. The smallest absolute Gasteiger partial charge is 0.115 e. The largest absolute Gasteiger partial charge is 0.264 e. The predicted molar refractivity (Wildman–Crippen MR) is 87.8 cm³/mol. The molecule has 0 radical (unpaired) electrons. The van der Waals surface area contributed by atoms with E-state index in [1.165, 1.54) is 24.8 Å². The van der Waals surface area contributed by atoms with E-state index in [4.69, 9.17) is 0 Å². The summed E-state index contributed by atoms with van der Waals surface area (Å²) in [5, 5.41) is 8.43. The number of nitrogens with zero attached hydrogens (tertiary/aromatic N) is 4. The molecule has 0 aliphatic rings. The van der Waals surface area contributed by atoms with Crippen LogP contribution in [0.15, 0.2) is 55.0 Å². The lowest BCUT2D eigenvalue weighted by Gasteiger charge is -2.03. The molecule has 112 valence electrons. The van der Waals surface area contributed by atoms with Gasteiger partial charge >= 0.3 is 0 Å². The lowest BCUT2D eigenvalue weighted by atomic mass is 10.1. The van der Waals surface area contributed by atoms with Crippen LogP contribution < -0.4 is 0 Å². The molecule has 2 aromatic heterocycles. The monoisotopic (exact) mass is 292 g/mol. The second kappa shape index (κ2) is 6.98. The van der Waals surface area contributed by atoms with Crippen molar-refractivity contribution in [3.8, 4) is 16.9 Å². The molecule has 4 heteroatoms. The Hall–Kier alpha value is -2.49. The molecule has 4 nitrogen and oxygen atoms in total. The van der Waals surface area contributed by atoms with Crippen molar-refractivity contribution in [2.45, 2.75) is 32.6 Å². The Bertz CT molecular complexity index is 701. The third-order valence-electron chi connectivity index (χ3n) is 3.72. The van der Waals surface area contributed by atoms with Crippen LogP contribution in [-0.4, -0.2) is 20.0 Å². The zero-order chi connectivity index (χ0) is 15.2. The molecule has 0 N–H and O–H groups in total. The molecule has 2 heterocycles. The summed E-state index contributed by atoms with van der Waals surface area (Å²) in [6.45, 7) is 2.23. The van der Waals surface area contributed by atoms with Crippen LogP contribution in [0.5, 0.6) is 0 Å². The minimum Gasteiger partial charge on any atom is -0.264 e. The summed E-state index contributed by atoms with van der Waals surface area (Å²) in [7, 11) is 0. The summed E-state index contributed by atoms with van der Waals surface area (Å²) in [5.41, 5.74) is 4.22. The second-order valence-electron chi connectivity index (χ2n) is 5.41. The number of aromatic nitrogens is 4. The van der Waals surface area contributed by atoms with Gasteiger partial charge in [-0.2, -0.15) is 0 Å². The summed E-state index contributed by atoms with van der Waals surface area (Å²) in [6, 6.07) is 12.4. The maximum atomic E-state index is 4.22. The van der Waals surface area contributed by atoms with Gasteiger partial charge in [0.25, 0.3) is 0 Å². The Balaban J connectivity index is 1.73. The van der Waals surface area contributed by atoms with Gasteiger partial charge in [0.2, 0.25) is 0 Å². The van der Waals surface area contributed by atoms with Gasteiger partial charge in [-0.15, -0.1) is 5.10 Å². The minimum absolute atomic E-state index is 0.833. The van der Waals surface area contributed by atoms with E-state index in [0.717, 1.165) is 23.4 Å². The van der Waals surface area contributed by atoms with Gasteiger partial charge in [0.1, 0.15) is 5.69 Å². The van der Waals surface area contributed by atoms with Gasteiger partial charge in [-0.05, 0) is 42.7 Å². The highest BCUT2D eigenvalue weighted by molar-refractivity contribution is 5.56. The second-order valence-corrected chi connectivity index (χ2v) is 5.41. The Morgan fingerprint density at radius 2 is 1.91 bits per heavy atom. The lowest BCUT2D eigenvalue weighted by Crippen LogP contribution is -1.95. The first-order valence-corrected chi connectivity index (χ1v) is 7.79. The number of aryl methyl sites for hydroxylation is 1. The van der Waals surface area contributed by atoms with Gasteiger partial charge < -0.3 is 0 Å². The fraction of sp³-hybridized carbons (Fsp3) is 0.278. The van der Waals surface area contributed by atoms with Crippen molar-refractivity contribution in [3.05, 3.63) is 60.6 Å². The van der Waals surface area contributed by atoms with Crippen LogP contribution in [0.3, 0.4) is 0 Å². The molecule has 3 rings (SSSR count). The van der Waals surface area contributed by atoms with E-state index in [-0.39, 0.29) is 0 Å². The lowest BCUT2D eigenvalue weighted by molar-refractivity contribution is 0.717. The van der Waals surface area contributed by atoms with Crippen LogP contribution in [-0.2, 0) is 6.42 Å². The number of rotatable bonds is 6. The Kier molecular flexibility index (Phi) is 4.59. The quantitative estimate of drug-likeness (QED) is 0.643. The van der Waals surface area contributed by atoms with Gasteiger partial charge in [-0.1, -0.05) is 37.1 Å². The summed E-state index contributed by atoms with van der Waals surface area (Å²) >= 11 is 0. The highest BCUT2D eigenvalue weighted by Gasteiger charge is 2.05. The molecule has 22 heavy (non-hydrogen) atoms. The van der Waals surface area contributed by atoms with Crippen LogP contribution in [0.1, 0.15) is 31.7 Å². The highest BCUT2D eigenvalue weighted by atomic mass is 15.4. The Labute approximate surface area is 130 Å². The molecule has 0 atom stereocenters. The number of hydrogen-bond donors (Lipinski definition) is 0. The van der Waals surface area contributed by atoms with Gasteiger partial charge in [-0.3, -0.25) is 4.98 Å². The van der Waals surface area contributed by atoms with E-state index in [1.807, 2.05) is 18.3 Å². The predicted octanol–water partition coefficient (Wildman–Crippen LogP) is 4.06. The third-order valence-corrected chi connectivity index (χ3v) is 3.72. The van der Waals surface area contributed by atoms with Crippen LogP contribution in [0.25, 0.3) is 16.9 Å². The van der Waals surface area contributed by atoms with Gasteiger partial charge in [0.05, 0.1) is 11.9 Å². The van der Waals surface area contributed by atoms with Crippen LogP contribution in [0.4, 0.5) is 0 Å². The summed E-state index contributed by atoms with van der Waals surface area (Å²) in [5.74, 6) is 0. The van der Waals surface area contributed by atoms with Crippen molar-refractivity contribution in [2.75, 3.05) is 0 Å². The first-order valence-electron chi connectivity index (χ1n) is 7.79. The van der Waals surface area contributed by atoms with E-state index in [9.17, 15) is 0 Å². The molecule has 0 saturated carbocycles. The first-order chi connectivity index (χ1) is 10.9. The molecule has 0 amide bonds. The van der Waals surface area contributed by atoms with Crippen molar-refractivity contribution in [1.82, 2.24) is 20.0 Å². The molecule has 0 aliphatic carbocycles. The van der Waals surface area contributed by atoms with Crippen molar-refractivity contribution < 1.29 is 0 Å². The van der Waals surface area contributed by atoms with Crippen LogP contribution in [0, 0.1) is 0 Å². The number of benzene rings is 1. The maximum absolute atomic E-state index is 4.22. The molecule has 0 saturated heterocycles. The molecule has 1 aromatic carbocycles. The molecule has 0 bridgehead atoms. The van der Waals surface area contributed by atoms with Crippen molar-refractivity contribution in [3.63, 3.8) is 0 Å². The number of pyridine rings is 1. The fourth-order valence-electron chi connectivity index (χ4n) is 2.43. The number of hydrogen-bond acceptors (Lipinski definition) is 3. The minimum atomic E-state index is 0.833. The summed E-state index contributed by atoms with van der Waals surface area (Å²) in [6.07, 6.45) is 10.4. The van der Waals surface area contributed by atoms with Crippen molar-refractivity contribution in [1.29, 1.82) is 0 Å². The summed E-state index contributed by atoms with van der Waals surface area (Å²) < 4.78 is 1.80. The zero-order valence-corrected chi connectivity index (χ0v) is 12.8.